The van der Waals surface area contributed by atoms with Crippen LogP contribution in [0.5, 0.6) is 0 Å². The third-order valence-electron chi connectivity index (χ3n) is 1.14. The van der Waals surface area contributed by atoms with Crippen LogP contribution in [0.4, 0.5) is 0 Å². The van der Waals surface area contributed by atoms with E-state index in [9.17, 15) is 4.79 Å². The Morgan fingerprint density at radius 1 is 1.83 bits per heavy atom. The lowest BCUT2D eigenvalue weighted by Gasteiger charge is -2.00. The van der Waals surface area contributed by atoms with E-state index in [-0.39, 0.29) is 5.91 Å². The Labute approximate surface area is 74.6 Å². The van der Waals surface area contributed by atoms with Crippen molar-refractivity contribution in [2.75, 3.05) is 6.54 Å². The summed E-state index contributed by atoms with van der Waals surface area (Å²) in [7, 11) is 0. The highest BCUT2D eigenvalue weighted by Crippen LogP contribution is 1.94. The van der Waals surface area contributed by atoms with Gasteiger partial charge >= 0.3 is 0 Å². The van der Waals surface area contributed by atoms with Gasteiger partial charge in [-0.15, -0.1) is 0 Å². The third-order valence-corrected chi connectivity index (χ3v) is 1.62. The average molecular weight is 183 g/mol. The van der Waals surface area contributed by atoms with Gasteiger partial charge in [0, 0.05) is 6.54 Å². The maximum atomic E-state index is 11.2. The number of nitrogens with zero attached hydrogens (tertiary/aromatic N) is 2. The largest absolute Gasteiger partial charge is 0.347 e. The minimum absolute atomic E-state index is 0.202. The van der Waals surface area contributed by atoms with E-state index in [1.807, 2.05) is 6.92 Å². The third kappa shape index (κ3) is 2.43. The molecule has 0 saturated heterocycles. The second-order valence-electron chi connectivity index (χ2n) is 2.43. The molecule has 0 aromatic carbocycles. The van der Waals surface area contributed by atoms with Crippen LogP contribution in [0.1, 0.15) is 17.4 Å². The van der Waals surface area contributed by atoms with Crippen molar-refractivity contribution >= 4 is 17.6 Å². The van der Waals surface area contributed by atoms with Crippen LogP contribution in [0.3, 0.4) is 0 Å². The molecule has 0 aliphatic heterocycles. The number of hydrogen-bond donors (Lipinski definition) is 1. The lowest BCUT2D eigenvalue weighted by molar-refractivity contribution is 0.0953. The fraction of sp³-hybridized carbons (Fsp3) is 0.286. The SMILES string of the molecule is C=C(C)CNC(=O)c1cnsn1. The zero-order valence-electron chi connectivity index (χ0n) is 6.70. The molecule has 1 N–H and O–H groups in total. The van der Waals surface area contributed by atoms with E-state index in [4.69, 9.17) is 0 Å². The van der Waals surface area contributed by atoms with Gasteiger partial charge in [-0.2, -0.15) is 8.75 Å². The lowest BCUT2D eigenvalue weighted by atomic mass is 10.3. The van der Waals surface area contributed by atoms with E-state index in [0.29, 0.717) is 12.2 Å². The molecule has 5 heteroatoms. The quantitative estimate of drug-likeness (QED) is 0.706. The molecular weight excluding hydrogens is 174 g/mol. The highest BCUT2D eigenvalue weighted by atomic mass is 32.1. The fourth-order valence-corrected chi connectivity index (χ4v) is 0.999. The lowest BCUT2D eigenvalue weighted by Crippen LogP contribution is -2.24. The number of amides is 1. The summed E-state index contributed by atoms with van der Waals surface area (Å²) in [5, 5.41) is 2.65. The predicted molar refractivity (Wildman–Crippen MR) is 47.1 cm³/mol. The standard InChI is InChI=1S/C7H9N3OS/c1-5(2)3-8-7(11)6-4-9-12-10-6/h4H,1,3H2,2H3,(H,8,11). The van der Waals surface area contributed by atoms with E-state index in [1.54, 1.807) is 0 Å². The first-order valence-electron chi connectivity index (χ1n) is 3.40. The molecule has 0 bridgehead atoms. The van der Waals surface area contributed by atoms with Crippen LogP contribution >= 0.6 is 11.7 Å². The zero-order valence-corrected chi connectivity index (χ0v) is 7.52. The van der Waals surface area contributed by atoms with Gasteiger partial charge in [0.1, 0.15) is 0 Å². The highest BCUT2D eigenvalue weighted by molar-refractivity contribution is 6.99. The molecule has 1 amide bonds. The van der Waals surface area contributed by atoms with E-state index in [1.165, 1.54) is 6.20 Å². The summed E-state index contributed by atoms with van der Waals surface area (Å²) < 4.78 is 7.50. The minimum Gasteiger partial charge on any atom is -0.347 e. The first-order chi connectivity index (χ1) is 5.70. The van der Waals surface area contributed by atoms with Crippen molar-refractivity contribution in [1.82, 2.24) is 14.1 Å². The van der Waals surface area contributed by atoms with Crippen molar-refractivity contribution in [3.8, 4) is 0 Å². The summed E-state index contributed by atoms with van der Waals surface area (Å²) in [6.45, 7) is 5.99. The summed E-state index contributed by atoms with van der Waals surface area (Å²) in [6.07, 6.45) is 1.44. The number of hydrogen-bond acceptors (Lipinski definition) is 4. The Bertz CT molecular complexity index is 281. The molecule has 0 atom stereocenters. The molecule has 0 aliphatic rings. The maximum absolute atomic E-state index is 11.2. The van der Waals surface area contributed by atoms with Crippen molar-refractivity contribution in [3.05, 3.63) is 24.0 Å². The van der Waals surface area contributed by atoms with Crippen molar-refractivity contribution in [3.63, 3.8) is 0 Å². The van der Waals surface area contributed by atoms with E-state index in [2.05, 4.69) is 20.6 Å². The highest BCUT2D eigenvalue weighted by Gasteiger charge is 2.06. The van der Waals surface area contributed by atoms with Gasteiger partial charge in [-0.05, 0) is 6.92 Å². The molecule has 1 aromatic heterocycles. The zero-order chi connectivity index (χ0) is 8.97. The van der Waals surface area contributed by atoms with Crippen molar-refractivity contribution in [2.24, 2.45) is 0 Å². The second kappa shape index (κ2) is 3.96. The molecule has 4 nitrogen and oxygen atoms in total. The molecule has 0 fully saturated rings. The van der Waals surface area contributed by atoms with Gasteiger partial charge in [-0.1, -0.05) is 12.2 Å². The van der Waals surface area contributed by atoms with Gasteiger partial charge in [0.05, 0.1) is 17.9 Å². The van der Waals surface area contributed by atoms with Gasteiger partial charge in [-0.25, -0.2) is 0 Å². The molecule has 0 spiro atoms. The fourth-order valence-electron chi connectivity index (χ4n) is 0.586. The van der Waals surface area contributed by atoms with Crippen molar-refractivity contribution < 1.29 is 4.79 Å². The van der Waals surface area contributed by atoms with Crippen LogP contribution in [-0.4, -0.2) is 21.2 Å². The van der Waals surface area contributed by atoms with Gasteiger partial charge in [0.2, 0.25) is 0 Å². The number of nitrogens with one attached hydrogen (secondary N) is 1. The molecule has 0 radical (unpaired) electrons. The van der Waals surface area contributed by atoms with E-state index >= 15 is 0 Å². The van der Waals surface area contributed by atoms with E-state index in [0.717, 1.165) is 17.3 Å². The second-order valence-corrected chi connectivity index (χ2v) is 2.99. The van der Waals surface area contributed by atoms with Crippen molar-refractivity contribution in [1.29, 1.82) is 0 Å². The van der Waals surface area contributed by atoms with E-state index < -0.39 is 0 Å². The molecule has 12 heavy (non-hydrogen) atoms. The monoisotopic (exact) mass is 183 g/mol. The molecule has 0 saturated carbocycles. The Morgan fingerprint density at radius 2 is 2.58 bits per heavy atom. The molecule has 0 aliphatic carbocycles. The van der Waals surface area contributed by atoms with Gasteiger partial charge < -0.3 is 5.32 Å². The number of carbonyl (C=O) groups excluding carboxylic acids is 1. The average Bonchev–Trinajstić information content (AvgIpc) is 2.51. The van der Waals surface area contributed by atoms with Crippen LogP contribution < -0.4 is 5.32 Å². The molecular formula is C7H9N3OS. The Morgan fingerprint density at radius 3 is 3.08 bits per heavy atom. The van der Waals surface area contributed by atoms with Crippen molar-refractivity contribution in [2.45, 2.75) is 6.92 Å². The predicted octanol–water partition coefficient (Wildman–Crippen LogP) is 0.844. The van der Waals surface area contributed by atoms with Gasteiger partial charge in [0.15, 0.2) is 5.69 Å². The van der Waals surface area contributed by atoms with Crippen LogP contribution in [-0.2, 0) is 0 Å². The number of aromatic nitrogens is 2. The maximum Gasteiger partial charge on any atom is 0.272 e. The molecule has 1 heterocycles. The van der Waals surface area contributed by atoms with Crippen LogP contribution in [0, 0.1) is 0 Å². The van der Waals surface area contributed by atoms with Crippen LogP contribution in [0.15, 0.2) is 18.3 Å². The topological polar surface area (TPSA) is 54.9 Å². The first kappa shape index (κ1) is 8.86. The summed E-state index contributed by atoms with van der Waals surface area (Å²) >= 11 is 1.02. The van der Waals surface area contributed by atoms with Gasteiger partial charge in [-0.3, -0.25) is 4.79 Å². The molecule has 1 rings (SSSR count). The van der Waals surface area contributed by atoms with Crippen LogP contribution in [0.25, 0.3) is 0 Å². The molecule has 0 unspecified atom stereocenters. The minimum atomic E-state index is -0.202. The first-order valence-corrected chi connectivity index (χ1v) is 4.13. The smallest absolute Gasteiger partial charge is 0.272 e. The number of carbonyl (C=O) groups is 1. The van der Waals surface area contributed by atoms with Crippen LogP contribution in [0.2, 0.25) is 0 Å². The molecule has 64 valence electrons. The Hall–Kier alpha value is -1.23. The normalized spacial score (nSPS) is 9.42. The Kier molecular flexibility index (Phi) is 2.93. The number of rotatable bonds is 3. The summed E-state index contributed by atoms with van der Waals surface area (Å²) in [6, 6.07) is 0. The Balaban J connectivity index is 2.45. The summed E-state index contributed by atoms with van der Waals surface area (Å²) in [4.78, 5) is 11.2. The molecule has 1 aromatic rings. The summed E-state index contributed by atoms with van der Waals surface area (Å²) in [5.41, 5.74) is 1.27. The van der Waals surface area contributed by atoms with Gasteiger partial charge in [0.25, 0.3) is 5.91 Å². The summed E-state index contributed by atoms with van der Waals surface area (Å²) in [5.74, 6) is -0.202.